The molecule has 2 heterocycles. The molecule has 0 radical (unpaired) electrons. The number of hydrogen-bond donors (Lipinski definition) is 0. The maximum Gasteiger partial charge on any atom is 0.164 e. The van der Waals surface area contributed by atoms with Crippen molar-refractivity contribution in [3.8, 4) is 0 Å². The van der Waals surface area contributed by atoms with Crippen molar-refractivity contribution < 1.29 is 12.9 Å². The Hall–Kier alpha value is -0.0900. The summed E-state index contributed by atoms with van der Waals surface area (Å²) in [5.41, 5.74) is 0. The quantitative estimate of drug-likeness (QED) is 0.610. The van der Waals surface area contributed by atoms with Gasteiger partial charge in [-0.05, 0) is 26.2 Å². The van der Waals surface area contributed by atoms with Gasteiger partial charge in [0, 0.05) is 0 Å². The molecule has 2 saturated heterocycles. The van der Waals surface area contributed by atoms with Crippen molar-refractivity contribution in [3.05, 3.63) is 0 Å². The van der Waals surface area contributed by atoms with Crippen molar-refractivity contribution in [3.63, 3.8) is 0 Å². The SMILES string of the molecule is C[C@@H]1[C@@H]([N+]2(C)CCCCC2)CS1(=O)=O. The molecule has 2 aliphatic rings. The number of sulfone groups is 1. The van der Waals surface area contributed by atoms with E-state index in [9.17, 15) is 8.42 Å². The second-order valence-electron chi connectivity index (χ2n) is 5.09. The van der Waals surface area contributed by atoms with Gasteiger partial charge in [-0.25, -0.2) is 8.42 Å². The standard InChI is InChI=1S/C10H20NO2S/c1-9-10(8-14(9,12)13)11(2)6-4-3-5-7-11/h9-10H,3-8H2,1-2H3/q+1/t9-,10+/m1/s1. The molecule has 0 aromatic carbocycles. The van der Waals surface area contributed by atoms with Crippen molar-refractivity contribution in [2.24, 2.45) is 0 Å². The smallest absolute Gasteiger partial charge is 0.164 e. The topological polar surface area (TPSA) is 34.1 Å². The zero-order valence-electron chi connectivity index (χ0n) is 9.07. The lowest BCUT2D eigenvalue weighted by atomic mass is 10.0. The Morgan fingerprint density at radius 1 is 1.14 bits per heavy atom. The van der Waals surface area contributed by atoms with Crippen LogP contribution in [-0.2, 0) is 9.84 Å². The highest BCUT2D eigenvalue weighted by Crippen LogP contribution is 2.33. The molecular formula is C10H20NO2S+. The van der Waals surface area contributed by atoms with Crippen LogP contribution in [0.4, 0.5) is 0 Å². The molecule has 0 spiro atoms. The number of likely N-dealkylation sites (tertiary alicyclic amines) is 1. The van der Waals surface area contributed by atoms with E-state index >= 15 is 0 Å². The molecule has 2 rings (SSSR count). The Kier molecular flexibility index (Phi) is 2.39. The van der Waals surface area contributed by atoms with Gasteiger partial charge in [0.25, 0.3) is 0 Å². The van der Waals surface area contributed by atoms with Gasteiger partial charge in [-0.3, -0.25) is 0 Å². The van der Waals surface area contributed by atoms with Gasteiger partial charge in [0.05, 0.1) is 20.1 Å². The Morgan fingerprint density at radius 3 is 2.14 bits per heavy atom. The Balaban J connectivity index is 2.09. The van der Waals surface area contributed by atoms with Crippen LogP contribution >= 0.6 is 0 Å². The lowest BCUT2D eigenvalue weighted by Gasteiger charge is -2.50. The van der Waals surface area contributed by atoms with Gasteiger partial charge >= 0.3 is 0 Å². The lowest BCUT2D eigenvalue weighted by molar-refractivity contribution is -0.936. The molecule has 4 heteroatoms. The van der Waals surface area contributed by atoms with E-state index in [4.69, 9.17) is 0 Å². The highest BCUT2D eigenvalue weighted by atomic mass is 32.2. The third-order valence-electron chi connectivity index (χ3n) is 4.15. The molecule has 2 aliphatic heterocycles. The van der Waals surface area contributed by atoms with Crippen LogP contribution in [0.3, 0.4) is 0 Å². The van der Waals surface area contributed by atoms with Crippen LogP contribution < -0.4 is 0 Å². The normalized spacial score (nSPS) is 40.1. The van der Waals surface area contributed by atoms with Crippen molar-refractivity contribution in [2.75, 3.05) is 25.9 Å². The molecule has 0 aromatic heterocycles. The van der Waals surface area contributed by atoms with Crippen LogP contribution in [0.15, 0.2) is 0 Å². The first-order valence-corrected chi connectivity index (χ1v) is 7.23. The summed E-state index contributed by atoms with van der Waals surface area (Å²) in [6.45, 7) is 4.22. The van der Waals surface area contributed by atoms with Crippen LogP contribution in [0, 0.1) is 0 Å². The van der Waals surface area contributed by atoms with E-state index in [-0.39, 0.29) is 5.25 Å². The second-order valence-corrected chi connectivity index (χ2v) is 7.49. The maximum absolute atomic E-state index is 11.4. The minimum absolute atomic E-state index is 0.106. The minimum atomic E-state index is -2.71. The summed E-state index contributed by atoms with van der Waals surface area (Å²) >= 11 is 0. The summed E-state index contributed by atoms with van der Waals surface area (Å²) in [5.74, 6) is 0.421. The highest BCUT2D eigenvalue weighted by Gasteiger charge is 2.53. The van der Waals surface area contributed by atoms with Crippen LogP contribution in [0.1, 0.15) is 26.2 Å². The van der Waals surface area contributed by atoms with Crippen molar-refractivity contribution in [2.45, 2.75) is 37.5 Å². The van der Waals surface area contributed by atoms with E-state index in [1.807, 2.05) is 6.92 Å². The van der Waals surface area contributed by atoms with E-state index in [1.54, 1.807) is 0 Å². The van der Waals surface area contributed by atoms with E-state index in [2.05, 4.69) is 7.05 Å². The molecule has 0 aliphatic carbocycles. The maximum atomic E-state index is 11.4. The average Bonchev–Trinajstić information content (AvgIpc) is 2.15. The second kappa shape index (κ2) is 3.20. The highest BCUT2D eigenvalue weighted by molar-refractivity contribution is 7.93. The van der Waals surface area contributed by atoms with Crippen molar-refractivity contribution in [1.82, 2.24) is 0 Å². The molecule has 82 valence electrons. The molecule has 0 N–H and O–H groups in total. The monoisotopic (exact) mass is 218 g/mol. The number of nitrogens with zero attached hydrogens (tertiary/aromatic N) is 1. The molecule has 0 amide bonds. The zero-order valence-corrected chi connectivity index (χ0v) is 9.89. The molecule has 2 atom stereocenters. The number of hydrogen-bond acceptors (Lipinski definition) is 2. The van der Waals surface area contributed by atoms with Gasteiger partial charge in [0.1, 0.15) is 17.0 Å². The Morgan fingerprint density at radius 2 is 1.71 bits per heavy atom. The zero-order chi connectivity index (χ0) is 10.4. The van der Waals surface area contributed by atoms with E-state index < -0.39 is 9.84 Å². The van der Waals surface area contributed by atoms with Gasteiger partial charge in [-0.1, -0.05) is 0 Å². The third kappa shape index (κ3) is 1.48. The van der Waals surface area contributed by atoms with Crippen LogP contribution in [0.5, 0.6) is 0 Å². The molecule has 0 bridgehead atoms. The Bertz CT molecular complexity index is 317. The number of quaternary nitrogens is 1. The first-order valence-electron chi connectivity index (χ1n) is 5.51. The predicted molar refractivity (Wildman–Crippen MR) is 56.8 cm³/mol. The number of piperidine rings is 1. The van der Waals surface area contributed by atoms with Gasteiger partial charge in [0.15, 0.2) is 9.84 Å². The third-order valence-corrected chi connectivity index (χ3v) is 6.40. The van der Waals surface area contributed by atoms with Gasteiger partial charge < -0.3 is 4.48 Å². The summed E-state index contributed by atoms with van der Waals surface area (Å²) in [7, 11) is -0.481. The predicted octanol–water partition coefficient (Wildman–Crippen LogP) is 0.802. The summed E-state index contributed by atoms with van der Waals surface area (Å²) < 4.78 is 23.8. The van der Waals surface area contributed by atoms with E-state index in [0.717, 1.165) is 4.48 Å². The summed E-state index contributed by atoms with van der Waals surface area (Å²) in [4.78, 5) is 0. The average molecular weight is 218 g/mol. The van der Waals surface area contributed by atoms with Crippen LogP contribution in [0.25, 0.3) is 0 Å². The lowest BCUT2D eigenvalue weighted by Crippen LogP contribution is -2.68. The van der Waals surface area contributed by atoms with Crippen molar-refractivity contribution >= 4 is 9.84 Å². The van der Waals surface area contributed by atoms with E-state index in [0.29, 0.717) is 11.8 Å². The van der Waals surface area contributed by atoms with Crippen LogP contribution in [-0.4, -0.2) is 50.1 Å². The van der Waals surface area contributed by atoms with Gasteiger partial charge in [-0.15, -0.1) is 0 Å². The molecule has 2 fully saturated rings. The van der Waals surface area contributed by atoms with Crippen molar-refractivity contribution in [1.29, 1.82) is 0 Å². The fourth-order valence-corrected chi connectivity index (χ4v) is 4.83. The van der Waals surface area contributed by atoms with Gasteiger partial charge in [0.2, 0.25) is 0 Å². The number of rotatable bonds is 1. The fourth-order valence-electron chi connectivity index (χ4n) is 2.90. The largest absolute Gasteiger partial charge is 0.322 e. The first kappa shape index (κ1) is 10.4. The molecular weight excluding hydrogens is 198 g/mol. The van der Waals surface area contributed by atoms with Crippen LogP contribution in [0.2, 0.25) is 0 Å². The molecule has 14 heavy (non-hydrogen) atoms. The van der Waals surface area contributed by atoms with E-state index in [1.165, 1.54) is 32.4 Å². The first-order chi connectivity index (χ1) is 6.46. The summed E-state index contributed by atoms with van der Waals surface area (Å²) in [6, 6.07) is 0.375. The molecule has 0 saturated carbocycles. The Labute approximate surface area is 86.6 Å². The summed E-state index contributed by atoms with van der Waals surface area (Å²) in [6.07, 6.45) is 3.85. The molecule has 0 unspecified atom stereocenters. The molecule has 3 nitrogen and oxygen atoms in total. The van der Waals surface area contributed by atoms with Gasteiger partial charge in [-0.2, -0.15) is 0 Å². The summed E-state index contributed by atoms with van der Waals surface area (Å²) in [5, 5.41) is -0.106. The molecule has 0 aromatic rings. The fraction of sp³-hybridized carbons (Fsp3) is 1.00. The minimum Gasteiger partial charge on any atom is -0.322 e.